The zero-order valence-electron chi connectivity index (χ0n) is 18.0. The molecule has 7 heteroatoms. The summed E-state index contributed by atoms with van der Waals surface area (Å²) in [6.45, 7) is 3.31. The fraction of sp³-hybridized carbons (Fsp3) is 0.115. The van der Waals surface area contributed by atoms with Crippen LogP contribution in [0.1, 0.15) is 28.6 Å². The molecule has 4 aromatic rings. The van der Waals surface area contributed by atoms with Gasteiger partial charge < -0.3 is 19.8 Å². The molecule has 0 saturated heterocycles. The molecule has 7 nitrogen and oxygen atoms in total. The van der Waals surface area contributed by atoms with Gasteiger partial charge in [0.05, 0.1) is 11.4 Å². The summed E-state index contributed by atoms with van der Waals surface area (Å²) in [5.74, 6) is -1.36. The predicted molar refractivity (Wildman–Crippen MR) is 124 cm³/mol. The minimum Gasteiger partial charge on any atom is -0.466 e. The van der Waals surface area contributed by atoms with E-state index in [-0.39, 0.29) is 17.2 Å². The van der Waals surface area contributed by atoms with Gasteiger partial charge >= 0.3 is 0 Å². The second-order valence-corrected chi connectivity index (χ2v) is 8.04. The van der Waals surface area contributed by atoms with Crippen molar-refractivity contribution in [2.75, 3.05) is 10.6 Å². The zero-order chi connectivity index (χ0) is 23.2. The Kier molecular flexibility index (Phi) is 4.74. The summed E-state index contributed by atoms with van der Waals surface area (Å²) in [6.07, 6.45) is 0. The lowest BCUT2D eigenvalue weighted by atomic mass is 10.0. The average Bonchev–Trinajstić information content (AvgIpc) is 3.18. The van der Waals surface area contributed by atoms with Crippen LogP contribution in [-0.2, 0) is 9.59 Å². The lowest BCUT2D eigenvalue weighted by Gasteiger charge is -2.33. The first-order chi connectivity index (χ1) is 15.9. The molecule has 0 saturated carbocycles. The number of hydrogen-bond donors (Lipinski definition) is 2. The van der Waals surface area contributed by atoms with Crippen LogP contribution in [0.2, 0.25) is 0 Å². The van der Waals surface area contributed by atoms with Crippen LogP contribution < -0.4 is 15.4 Å². The largest absolute Gasteiger partial charge is 0.466 e. The number of para-hydroxylation sites is 3. The van der Waals surface area contributed by atoms with Crippen molar-refractivity contribution in [3.63, 3.8) is 0 Å². The van der Waals surface area contributed by atoms with Gasteiger partial charge in [0.25, 0.3) is 17.4 Å². The van der Waals surface area contributed by atoms with E-state index in [0.29, 0.717) is 28.0 Å². The summed E-state index contributed by atoms with van der Waals surface area (Å²) in [7, 11) is 0. The van der Waals surface area contributed by atoms with E-state index in [0.717, 1.165) is 5.56 Å². The van der Waals surface area contributed by atoms with Crippen molar-refractivity contribution in [3.05, 3.63) is 89.7 Å². The fourth-order valence-electron chi connectivity index (χ4n) is 3.71. The van der Waals surface area contributed by atoms with Crippen LogP contribution >= 0.6 is 0 Å². The van der Waals surface area contributed by atoms with Crippen LogP contribution in [0.15, 0.2) is 77.2 Å². The lowest BCUT2D eigenvalue weighted by Crippen LogP contribution is -2.56. The molecule has 0 spiro atoms. The predicted octanol–water partition coefficient (Wildman–Crippen LogP) is 4.70. The third-order valence-corrected chi connectivity index (χ3v) is 5.67. The van der Waals surface area contributed by atoms with Gasteiger partial charge in [-0.3, -0.25) is 14.4 Å². The van der Waals surface area contributed by atoms with E-state index in [1.807, 2.05) is 19.1 Å². The lowest BCUT2D eigenvalue weighted by molar-refractivity contribution is -0.143. The standard InChI is InChI=1S/C26H20N2O5/c1-15-11-13-16(14-12-15)22(29)23-21(17-7-3-5-9-19(17)32-23)28-25(31)26(2)24(30)27-18-8-4-6-10-20(18)33-26/h3-14H,1-2H3,(H,27,30)(H,28,31). The number of carbonyl (C=O) groups excluding carboxylic acids is 3. The van der Waals surface area contributed by atoms with Crippen molar-refractivity contribution in [1.82, 2.24) is 0 Å². The van der Waals surface area contributed by atoms with Crippen LogP contribution in [-0.4, -0.2) is 23.2 Å². The van der Waals surface area contributed by atoms with E-state index < -0.39 is 17.4 Å². The highest BCUT2D eigenvalue weighted by atomic mass is 16.5. The molecule has 2 heterocycles. The van der Waals surface area contributed by atoms with Gasteiger partial charge in [-0.1, -0.05) is 54.1 Å². The van der Waals surface area contributed by atoms with Gasteiger partial charge in [-0.15, -0.1) is 0 Å². The molecule has 1 unspecified atom stereocenters. The fourth-order valence-corrected chi connectivity index (χ4v) is 3.71. The number of rotatable bonds is 4. The van der Waals surface area contributed by atoms with Gasteiger partial charge in [0.1, 0.15) is 11.3 Å². The van der Waals surface area contributed by atoms with E-state index in [9.17, 15) is 14.4 Å². The van der Waals surface area contributed by atoms with E-state index in [2.05, 4.69) is 10.6 Å². The van der Waals surface area contributed by atoms with Crippen molar-refractivity contribution in [3.8, 4) is 5.75 Å². The van der Waals surface area contributed by atoms with Gasteiger partial charge in [0.15, 0.2) is 5.76 Å². The highest BCUT2D eigenvalue weighted by Crippen LogP contribution is 2.36. The molecule has 0 aliphatic carbocycles. The number of nitrogens with one attached hydrogen (secondary N) is 2. The van der Waals surface area contributed by atoms with E-state index in [4.69, 9.17) is 9.15 Å². The number of furan rings is 1. The maximum atomic E-state index is 13.4. The van der Waals surface area contributed by atoms with E-state index in [1.165, 1.54) is 6.92 Å². The summed E-state index contributed by atoms with van der Waals surface area (Å²) < 4.78 is 11.7. The maximum Gasteiger partial charge on any atom is 0.278 e. The van der Waals surface area contributed by atoms with E-state index >= 15 is 0 Å². The van der Waals surface area contributed by atoms with Crippen LogP contribution in [0.5, 0.6) is 5.75 Å². The number of hydrogen-bond acceptors (Lipinski definition) is 5. The minimum absolute atomic E-state index is 0.0198. The third kappa shape index (κ3) is 3.43. The number of ketones is 1. The van der Waals surface area contributed by atoms with Crippen molar-refractivity contribution in [2.24, 2.45) is 0 Å². The molecule has 2 amide bonds. The molecule has 1 aromatic heterocycles. The average molecular weight is 440 g/mol. The van der Waals surface area contributed by atoms with Gasteiger partial charge in [-0.25, -0.2) is 0 Å². The molecule has 3 aromatic carbocycles. The molecular formula is C26H20N2O5. The van der Waals surface area contributed by atoms with Crippen LogP contribution in [0, 0.1) is 6.92 Å². The first-order valence-electron chi connectivity index (χ1n) is 10.4. The summed E-state index contributed by atoms with van der Waals surface area (Å²) in [5, 5.41) is 5.97. The molecule has 1 atom stereocenters. The Labute approximate surface area is 189 Å². The highest BCUT2D eigenvalue weighted by Gasteiger charge is 2.47. The second kappa shape index (κ2) is 7.63. The Bertz CT molecular complexity index is 1420. The summed E-state index contributed by atoms with van der Waals surface area (Å²) in [6, 6.07) is 20.9. The Morgan fingerprint density at radius 2 is 1.64 bits per heavy atom. The number of amides is 2. The maximum absolute atomic E-state index is 13.4. The van der Waals surface area contributed by atoms with Crippen LogP contribution in [0.4, 0.5) is 11.4 Å². The van der Waals surface area contributed by atoms with Crippen molar-refractivity contribution in [1.29, 1.82) is 0 Å². The zero-order valence-corrected chi connectivity index (χ0v) is 18.0. The number of anilines is 2. The third-order valence-electron chi connectivity index (χ3n) is 5.67. The van der Waals surface area contributed by atoms with Gasteiger partial charge in [0, 0.05) is 10.9 Å². The number of fused-ring (bicyclic) bond motifs is 2. The molecule has 1 aliphatic rings. The topological polar surface area (TPSA) is 97.6 Å². The molecular weight excluding hydrogens is 420 g/mol. The number of carbonyl (C=O) groups is 3. The number of benzene rings is 3. The molecule has 164 valence electrons. The van der Waals surface area contributed by atoms with Gasteiger partial charge in [-0.05, 0) is 38.1 Å². The number of aryl methyl sites for hydroxylation is 1. The van der Waals surface area contributed by atoms with Crippen molar-refractivity contribution >= 4 is 39.9 Å². The Balaban J connectivity index is 1.54. The minimum atomic E-state index is -1.85. The summed E-state index contributed by atoms with van der Waals surface area (Å²) in [5.41, 5.74) is 0.694. The summed E-state index contributed by atoms with van der Waals surface area (Å²) in [4.78, 5) is 39.4. The molecule has 2 N–H and O–H groups in total. The first kappa shape index (κ1) is 20.5. The molecule has 0 radical (unpaired) electrons. The Morgan fingerprint density at radius 1 is 0.939 bits per heavy atom. The van der Waals surface area contributed by atoms with Gasteiger partial charge in [-0.2, -0.15) is 0 Å². The van der Waals surface area contributed by atoms with Crippen LogP contribution in [0.25, 0.3) is 11.0 Å². The quantitative estimate of drug-likeness (QED) is 0.354. The van der Waals surface area contributed by atoms with Crippen LogP contribution in [0.3, 0.4) is 0 Å². The van der Waals surface area contributed by atoms with E-state index in [1.54, 1.807) is 60.7 Å². The smallest absolute Gasteiger partial charge is 0.278 e. The van der Waals surface area contributed by atoms with Gasteiger partial charge in [0.2, 0.25) is 5.78 Å². The summed E-state index contributed by atoms with van der Waals surface area (Å²) >= 11 is 0. The Morgan fingerprint density at radius 3 is 2.42 bits per heavy atom. The van der Waals surface area contributed by atoms with Crippen molar-refractivity contribution < 1.29 is 23.5 Å². The molecule has 0 bridgehead atoms. The highest BCUT2D eigenvalue weighted by molar-refractivity contribution is 6.23. The number of ether oxygens (including phenoxy) is 1. The normalized spacial score (nSPS) is 17.1. The molecule has 33 heavy (non-hydrogen) atoms. The Hall–Kier alpha value is -4.39. The second-order valence-electron chi connectivity index (χ2n) is 8.04. The molecule has 0 fully saturated rings. The SMILES string of the molecule is Cc1ccc(C(=O)c2oc3ccccc3c2NC(=O)C2(C)Oc3ccccc3NC2=O)cc1. The van der Waals surface area contributed by atoms with Crippen molar-refractivity contribution in [2.45, 2.75) is 19.4 Å². The molecule has 1 aliphatic heterocycles. The molecule has 5 rings (SSSR count). The monoisotopic (exact) mass is 440 g/mol. The first-order valence-corrected chi connectivity index (χ1v) is 10.4.